The molecule has 0 unspecified atom stereocenters. The van der Waals surface area contributed by atoms with Gasteiger partial charge in [-0.1, -0.05) is 53.5 Å². The highest BCUT2D eigenvalue weighted by Gasteiger charge is 2.52. The number of anilines is 1. The number of ether oxygens (including phenoxy) is 4. The number of piperazine rings is 1. The monoisotopic (exact) mass is 940 g/mol. The zero-order chi connectivity index (χ0) is 47.7. The lowest BCUT2D eigenvalue weighted by atomic mass is 9.92. The number of methoxy groups -OCH3 is 1. The van der Waals surface area contributed by atoms with E-state index in [2.05, 4.69) is 62.8 Å². The molecular weight excluding hydrogens is 874 g/mol. The summed E-state index contributed by atoms with van der Waals surface area (Å²) in [4.78, 5) is 35.3. The van der Waals surface area contributed by atoms with Gasteiger partial charge in [-0.3, -0.25) is 9.80 Å². The predicted octanol–water partition coefficient (Wildman–Crippen LogP) is 10.9. The van der Waals surface area contributed by atoms with Gasteiger partial charge in [-0.15, -0.1) is 5.54 Å². The molecule has 5 aliphatic heterocycles. The zero-order valence-corrected chi connectivity index (χ0v) is 41.9. The van der Waals surface area contributed by atoms with E-state index in [1.54, 1.807) is 18.2 Å². The molecule has 5 atom stereocenters. The SMILES string of the molecule is COCOc1cc(-c2nc3c4c(nc(OC[C@@]56CCCN5C[C@H](F)C6)nc4c2F)N2C[C@H]4CC[C@@H]([C@@H]2CCC3)N4C(=O)OC(C)(C)C)c2c(C#C[Si](C(C)C)(C(C)C)C(C)C)c(F)ccc2c1. The minimum atomic E-state index is -2.34. The van der Waals surface area contributed by atoms with Gasteiger partial charge in [-0.25, -0.2) is 22.9 Å². The molecule has 11 nitrogen and oxygen atoms in total. The van der Waals surface area contributed by atoms with Crippen molar-refractivity contribution in [2.24, 2.45) is 0 Å². The van der Waals surface area contributed by atoms with Crippen LogP contribution in [0.25, 0.3) is 32.9 Å². The average molecular weight is 941 g/mol. The van der Waals surface area contributed by atoms with Gasteiger partial charge in [0, 0.05) is 37.6 Å². The Morgan fingerprint density at radius 3 is 2.42 bits per heavy atom. The number of aryl methyl sites for hydroxylation is 1. The Morgan fingerprint density at radius 2 is 1.70 bits per heavy atom. The lowest BCUT2D eigenvalue weighted by Crippen LogP contribution is -2.62. The second-order valence-corrected chi connectivity index (χ2v) is 27.2. The third-order valence-corrected chi connectivity index (χ3v) is 21.8. The van der Waals surface area contributed by atoms with E-state index < -0.39 is 37.0 Å². The van der Waals surface area contributed by atoms with Crippen LogP contribution < -0.4 is 14.4 Å². The number of pyridine rings is 1. The van der Waals surface area contributed by atoms with Crippen molar-refractivity contribution in [3.8, 4) is 34.5 Å². The maximum absolute atomic E-state index is 18.3. The minimum Gasteiger partial charge on any atom is -0.468 e. The van der Waals surface area contributed by atoms with Crippen molar-refractivity contribution in [3.05, 3.63) is 47.2 Å². The Labute approximate surface area is 394 Å². The van der Waals surface area contributed by atoms with Crippen molar-refractivity contribution in [1.29, 1.82) is 0 Å². The summed E-state index contributed by atoms with van der Waals surface area (Å²) < 4.78 is 73.7. The number of carbonyl (C=O) groups is 1. The molecule has 5 aliphatic rings. The highest BCUT2D eigenvalue weighted by Crippen LogP contribution is 2.47. The fraction of sp³-hybridized carbons (Fsp3) is 0.615. The Balaban J connectivity index is 1.25. The molecular formula is C52H67F3N6O5Si. The van der Waals surface area contributed by atoms with Crippen LogP contribution in [0.2, 0.25) is 16.6 Å². The van der Waals surface area contributed by atoms with Crippen molar-refractivity contribution >= 4 is 41.7 Å². The van der Waals surface area contributed by atoms with Crippen LogP contribution in [0.15, 0.2) is 24.3 Å². The zero-order valence-electron chi connectivity index (χ0n) is 40.9. The van der Waals surface area contributed by atoms with Crippen LogP contribution in [0.3, 0.4) is 0 Å². The number of nitrogens with zero attached hydrogens (tertiary/aromatic N) is 6. The van der Waals surface area contributed by atoms with Crippen LogP contribution in [0.5, 0.6) is 11.8 Å². The third kappa shape index (κ3) is 8.40. The van der Waals surface area contributed by atoms with Crippen LogP contribution in [0, 0.1) is 23.1 Å². The fourth-order valence-electron chi connectivity index (χ4n) is 12.7. The normalized spacial score (nSPS) is 24.0. The molecule has 0 spiro atoms. The summed E-state index contributed by atoms with van der Waals surface area (Å²) in [5, 5.41) is 1.53. The van der Waals surface area contributed by atoms with Crippen molar-refractivity contribution in [2.75, 3.05) is 45.0 Å². The maximum atomic E-state index is 18.3. The molecule has 15 heteroatoms. The number of benzene rings is 2. The molecule has 2 aromatic carbocycles. The van der Waals surface area contributed by atoms with Gasteiger partial charge in [0.1, 0.15) is 55.0 Å². The standard InChI is InChI=1S/C52H67F3N6O5Si/c1-30(2)67(31(3)4,32(5)6)22-19-37-39(54)17-15-33-23-36(65-29-63-10)24-38(43(33)37)46-45(55)47-44-40(56-46)13-11-14-41-42-18-16-35(61(42)50(62)66-51(7,8)9)27-60(41)48(44)58-49(57-47)64-28-52-20-12-21-59(52)26-34(53)25-52/h15,17,23-24,30-32,34-35,41-42H,11-14,16,18,20-21,25-29H2,1-10H3/t34-,35-,41+,42+,52+/m1/s1. The number of carbonyl (C=O) groups excluding carboxylic acids is 1. The van der Waals surface area contributed by atoms with Crippen molar-refractivity contribution < 1.29 is 36.9 Å². The molecule has 0 radical (unpaired) electrons. The number of hydrogen-bond acceptors (Lipinski definition) is 10. The highest BCUT2D eigenvalue weighted by molar-refractivity contribution is 6.90. The molecule has 9 rings (SSSR count). The lowest BCUT2D eigenvalue weighted by Gasteiger charge is -2.48. The van der Waals surface area contributed by atoms with Crippen molar-refractivity contribution in [2.45, 2.75) is 166 Å². The van der Waals surface area contributed by atoms with Gasteiger partial charge in [0.05, 0.1) is 40.3 Å². The Bertz CT molecular complexity index is 2610. The van der Waals surface area contributed by atoms with E-state index in [0.29, 0.717) is 94.4 Å². The first-order chi connectivity index (χ1) is 31.9. The van der Waals surface area contributed by atoms with Crippen LogP contribution in [-0.4, -0.2) is 114 Å². The first kappa shape index (κ1) is 47.4. The molecule has 2 aromatic heterocycles. The molecule has 2 bridgehead atoms. The Morgan fingerprint density at radius 1 is 0.940 bits per heavy atom. The summed E-state index contributed by atoms with van der Waals surface area (Å²) in [6, 6.07) is 6.13. The predicted molar refractivity (Wildman–Crippen MR) is 258 cm³/mol. The maximum Gasteiger partial charge on any atom is 0.410 e. The first-order valence-electron chi connectivity index (χ1n) is 24.5. The summed E-state index contributed by atoms with van der Waals surface area (Å²) in [6.45, 7) is 20.6. The molecule has 4 fully saturated rings. The molecule has 0 saturated carbocycles. The molecule has 0 aliphatic carbocycles. The van der Waals surface area contributed by atoms with Gasteiger partial charge < -0.3 is 23.8 Å². The summed E-state index contributed by atoms with van der Waals surface area (Å²) in [5.74, 6) is 3.06. The minimum absolute atomic E-state index is 0.00809. The summed E-state index contributed by atoms with van der Waals surface area (Å²) in [7, 11) is -0.817. The van der Waals surface area contributed by atoms with E-state index in [9.17, 15) is 9.18 Å². The molecule has 4 aromatic rings. The molecule has 4 saturated heterocycles. The van der Waals surface area contributed by atoms with Gasteiger partial charge in [0.2, 0.25) is 0 Å². The average Bonchev–Trinajstić information content (AvgIpc) is 3.91. The number of aromatic nitrogens is 3. The molecule has 7 heterocycles. The number of halogens is 3. The number of hydrogen-bond donors (Lipinski definition) is 0. The van der Waals surface area contributed by atoms with Crippen LogP contribution >= 0.6 is 0 Å². The summed E-state index contributed by atoms with van der Waals surface area (Å²) >= 11 is 0. The van der Waals surface area contributed by atoms with Gasteiger partial charge in [0.25, 0.3) is 0 Å². The number of alkyl halides is 1. The molecule has 360 valence electrons. The summed E-state index contributed by atoms with van der Waals surface area (Å²) in [6.07, 6.45) is 4.24. The third-order valence-electron chi connectivity index (χ3n) is 15.5. The van der Waals surface area contributed by atoms with E-state index >= 15 is 8.78 Å². The van der Waals surface area contributed by atoms with Crippen LogP contribution in [0.1, 0.15) is 119 Å². The Hall–Kier alpha value is -4.65. The number of amides is 1. The molecule has 1 amide bonds. The molecule has 0 N–H and O–H groups in total. The van der Waals surface area contributed by atoms with Gasteiger partial charge >= 0.3 is 12.1 Å². The van der Waals surface area contributed by atoms with Crippen LogP contribution in [-0.2, 0) is 15.9 Å². The van der Waals surface area contributed by atoms with Gasteiger partial charge in [0.15, 0.2) is 12.6 Å². The van der Waals surface area contributed by atoms with E-state index in [0.717, 1.165) is 32.2 Å². The summed E-state index contributed by atoms with van der Waals surface area (Å²) in [5.41, 5.74) is 4.60. The van der Waals surface area contributed by atoms with E-state index in [4.69, 9.17) is 33.9 Å². The second-order valence-electron chi connectivity index (χ2n) is 21.6. The Kier molecular flexibility index (Phi) is 12.8. The lowest BCUT2D eigenvalue weighted by molar-refractivity contribution is 0.00698. The quantitative estimate of drug-likeness (QED) is 0.0868. The topological polar surface area (TPSA) is 102 Å². The van der Waals surface area contributed by atoms with Crippen molar-refractivity contribution in [1.82, 2.24) is 24.8 Å². The van der Waals surface area contributed by atoms with E-state index in [1.807, 2.05) is 25.7 Å². The van der Waals surface area contributed by atoms with E-state index in [1.165, 1.54) is 13.2 Å². The molecule has 67 heavy (non-hydrogen) atoms. The highest BCUT2D eigenvalue weighted by atomic mass is 28.3. The van der Waals surface area contributed by atoms with Crippen molar-refractivity contribution in [3.63, 3.8) is 0 Å². The van der Waals surface area contributed by atoms with Crippen LogP contribution in [0.4, 0.5) is 23.8 Å². The fourth-order valence-corrected chi connectivity index (χ4v) is 17.9. The van der Waals surface area contributed by atoms with Gasteiger partial charge in [-0.05, 0) is 112 Å². The number of fused-ring (bicyclic) bond motifs is 7. The second kappa shape index (κ2) is 18.0. The largest absolute Gasteiger partial charge is 0.468 e. The first-order valence-corrected chi connectivity index (χ1v) is 26.7. The van der Waals surface area contributed by atoms with Gasteiger partial charge in [-0.2, -0.15) is 9.97 Å². The van der Waals surface area contributed by atoms with E-state index in [-0.39, 0.29) is 60.4 Å². The number of rotatable bonds is 10. The smallest absolute Gasteiger partial charge is 0.410 e.